The molecule has 0 aliphatic rings. The summed E-state index contributed by atoms with van der Waals surface area (Å²) < 4.78 is 0. The number of nitrogens with zero attached hydrogens (tertiary/aromatic N) is 1. The van der Waals surface area contributed by atoms with Gasteiger partial charge in [-0.2, -0.15) is 0 Å². The van der Waals surface area contributed by atoms with Crippen LogP contribution in [-0.2, 0) is 4.79 Å². The molecule has 0 fully saturated rings. The van der Waals surface area contributed by atoms with Crippen molar-refractivity contribution in [3.8, 4) is 0 Å². The standard InChI is InChI=1S/C11H21NO3/c1-3-5-6-8-12(10(13)4-2)9-7-11(14)15/h4,10,13H,2-3,5-9H2,1H3,(H,14,15). The lowest BCUT2D eigenvalue weighted by molar-refractivity contribution is -0.137. The van der Waals surface area contributed by atoms with Gasteiger partial charge in [0.05, 0.1) is 6.42 Å². The first kappa shape index (κ1) is 14.1. The van der Waals surface area contributed by atoms with E-state index < -0.39 is 12.2 Å². The van der Waals surface area contributed by atoms with E-state index >= 15 is 0 Å². The molecule has 15 heavy (non-hydrogen) atoms. The number of aliphatic hydroxyl groups is 1. The minimum Gasteiger partial charge on any atom is -0.481 e. The summed E-state index contributed by atoms with van der Waals surface area (Å²) in [4.78, 5) is 12.1. The van der Waals surface area contributed by atoms with E-state index in [0.29, 0.717) is 13.1 Å². The molecular formula is C11H21NO3. The van der Waals surface area contributed by atoms with Gasteiger partial charge in [-0.15, -0.1) is 0 Å². The molecule has 1 unspecified atom stereocenters. The van der Waals surface area contributed by atoms with Crippen LogP contribution in [0.1, 0.15) is 32.6 Å². The molecule has 88 valence electrons. The number of aliphatic carboxylic acids is 1. The number of unbranched alkanes of at least 4 members (excludes halogenated alkanes) is 2. The van der Waals surface area contributed by atoms with E-state index in [2.05, 4.69) is 13.5 Å². The summed E-state index contributed by atoms with van der Waals surface area (Å²) >= 11 is 0. The minimum absolute atomic E-state index is 0.0526. The van der Waals surface area contributed by atoms with Crippen LogP contribution in [0, 0.1) is 0 Å². The zero-order valence-corrected chi connectivity index (χ0v) is 9.35. The molecule has 0 bridgehead atoms. The molecule has 0 aromatic carbocycles. The number of carboxylic acids is 1. The molecule has 0 saturated heterocycles. The highest BCUT2D eigenvalue weighted by Crippen LogP contribution is 2.04. The summed E-state index contributed by atoms with van der Waals surface area (Å²) in [5.41, 5.74) is 0. The molecule has 4 nitrogen and oxygen atoms in total. The molecule has 0 saturated carbocycles. The number of hydrogen-bond donors (Lipinski definition) is 2. The predicted octanol–water partition coefficient (Wildman–Crippen LogP) is 1.46. The van der Waals surface area contributed by atoms with Crippen LogP contribution >= 0.6 is 0 Å². The first-order valence-electron chi connectivity index (χ1n) is 5.38. The van der Waals surface area contributed by atoms with Crippen molar-refractivity contribution in [3.63, 3.8) is 0 Å². The highest BCUT2D eigenvalue weighted by Gasteiger charge is 2.12. The zero-order chi connectivity index (χ0) is 11.7. The molecular weight excluding hydrogens is 194 g/mol. The van der Waals surface area contributed by atoms with Gasteiger partial charge in [-0.3, -0.25) is 9.69 Å². The van der Waals surface area contributed by atoms with E-state index in [4.69, 9.17) is 5.11 Å². The van der Waals surface area contributed by atoms with Gasteiger partial charge in [-0.05, 0) is 12.5 Å². The van der Waals surface area contributed by atoms with Crippen molar-refractivity contribution in [1.29, 1.82) is 0 Å². The fourth-order valence-corrected chi connectivity index (χ4v) is 1.33. The SMILES string of the molecule is C=CC(O)N(CCCCC)CCC(=O)O. The average molecular weight is 215 g/mol. The summed E-state index contributed by atoms with van der Waals surface area (Å²) in [5.74, 6) is -0.841. The van der Waals surface area contributed by atoms with Gasteiger partial charge in [-0.1, -0.05) is 26.3 Å². The number of carboxylic acid groups (broad SMARTS) is 1. The number of rotatable bonds is 9. The largest absolute Gasteiger partial charge is 0.481 e. The van der Waals surface area contributed by atoms with Crippen molar-refractivity contribution in [2.24, 2.45) is 0 Å². The summed E-state index contributed by atoms with van der Waals surface area (Å²) in [6.45, 7) is 6.68. The van der Waals surface area contributed by atoms with E-state index in [-0.39, 0.29) is 6.42 Å². The van der Waals surface area contributed by atoms with Crippen LogP contribution in [0.3, 0.4) is 0 Å². The predicted molar refractivity (Wildman–Crippen MR) is 59.6 cm³/mol. The molecule has 0 aliphatic heterocycles. The fourth-order valence-electron chi connectivity index (χ4n) is 1.33. The Morgan fingerprint density at radius 2 is 2.13 bits per heavy atom. The van der Waals surface area contributed by atoms with E-state index in [1.807, 2.05) is 0 Å². The molecule has 0 aromatic heterocycles. The van der Waals surface area contributed by atoms with Crippen LogP contribution in [-0.4, -0.2) is 40.4 Å². The Bertz CT molecular complexity index is 194. The second kappa shape index (κ2) is 8.44. The third-order valence-electron chi connectivity index (χ3n) is 2.25. The number of aliphatic hydroxyl groups excluding tert-OH is 1. The van der Waals surface area contributed by atoms with Crippen molar-refractivity contribution in [3.05, 3.63) is 12.7 Å². The Labute approximate surface area is 91.2 Å². The molecule has 0 heterocycles. The molecule has 0 aliphatic carbocycles. The molecule has 0 radical (unpaired) electrons. The molecule has 0 amide bonds. The van der Waals surface area contributed by atoms with E-state index in [0.717, 1.165) is 19.3 Å². The molecule has 0 spiro atoms. The van der Waals surface area contributed by atoms with Crippen LogP contribution in [0.25, 0.3) is 0 Å². The molecule has 4 heteroatoms. The lowest BCUT2D eigenvalue weighted by Crippen LogP contribution is -2.36. The highest BCUT2D eigenvalue weighted by atomic mass is 16.4. The second-order valence-electron chi connectivity index (χ2n) is 3.54. The van der Waals surface area contributed by atoms with Gasteiger partial charge >= 0.3 is 5.97 Å². The maximum Gasteiger partial charge on any atom is 0.304 e. The van der Waals surface area contributed by atoms with Crippen molar-refractivity contribution in [1.82, 2.24) is 4.90 Å². The maximum absolute atomic E-state index is 10.4. The highest BCUT2D eigenvalue weighted by molar-refractivity contribution is 5.66. The zero-order valence-electron chi connectivity index (χ0n) is 9.35. The second-order valence-corrected chi connectivity index (χ2v) is 3.54. The smallest absolute Gasteiger partial charge is 0.304 e. The minimum atomic E-state index is -0.841. The van der Waals surface area contributed by atoms with Gasteiger partial charge in [0.25, 0.3) is 0 Å². The number of carbonyl (C=O) groups is 1. The van der Waals surface area contributed by atoms with Crippen molar-refractivity contribution in [2.75, 3.05) is 13.1 Å². The van der Waals surface area contributed by atoms with Crippen LogP contribution in [0.4, 0.5) is 0 Å². The first-order valence-corrected chi connectivity index (χ1v) is 5.38. The van der Waals surface area contributed by atoms with Gasteiger partial charge in [0.15, 0.2) is 0 Å². The third-order valence-corrected chi connectivity index (χ3v) is 2.25. The first-order chi connectivity index (χ1) is 7.11. The molecule has 0 aromatic rings. The van der Waals surface area contributed by atoms with Crippen molar-refractivity contribution < 1.29 is 15.0 Å². The van der Waals surface area contributed by atoms with Gasteiger partial charge in [0.2, 0.25) is 0 Å². The molecule has 0 rings (SSSR count). The Balaban J connectivity index is 3.94. The molecule has 2 N–H and O–H groups in total. The van der Waals surface area contributed by atoms with Gasteiger partial charge in [0, 0.05) is 13.1 Å². The van der Waals surface area contributed by atoms with E-state index in [9.17, 15) is 9.90 Å². The maximum atomic E-state index is 10.4. The summed E-state index contributed by atoms with van der Waals surface area (Å²) in [7, 11) is 0. The third kappa shape index (κ3) is 7.11. The Morgan fingerprint density at radius 3 is 2.60 bits per heavy atom. The Kier molecular flexibility index (Phi) is 7.95. The quantitative estimate of drug-likeness (QED) is 0.347. The lowest BCUT2D eigenvalue weighted by Gasteiger charge is -2.24. The number of hydrogen-bond acceptors (Lipinski definition) is 3. The normalized spacial score (nSPS) is 12.7. The lowest BCUT2D eigenvalue weighted by atomic mass is 10.2. The van der Waals surface area contributed by atoms with Gasteiger partial charge in [-0.25, -0.2) is 0 Å². The van der Waals surface area contributed by atoms with Crippen molar-refractivity contribution >= 4 is 5.97 Å². The van der Waals surface area contributed by atoms with Crippen LogP contribution in [0.15, 0.2) is 12.7 Å². The van der Waals surface area contributed by atoms with E-state index in [1.54, 1.807) is 4.90 Å². The van der Waals surface area contributed by atoms with E-state index in [1.165, 1.54) is 6.08 Å². The summed E-state index contributed by atoms with van der Waals surface area (Å²) in [6.07, 6.45) is 3.91. The van der Waals surface area contributed by atoms with Crippen LogP contribution in [0.2, 0.25) is 0 Å². The Morgan fingerprint density at radius 1 is 1.47 bits per heavy atom. The monoisotopic (exact) mass is 215 g/mol. The average Bonchev–Trinajstić information content (AvgIpc) is 2.21. The van der Waals surface area contributed by atoms with Gasteiger partial charge in [0.1, 0.15) is 6.23 Å². The summed E-state index contributed by atoms with van der Waals surface area (Å²) in [5, 5.41) is 18.1. The van der Waals surface area contributed by atoms with Gasteiger partial charge < -0.3 is 10.2 Å². The Hall–Kier alpha value is -0.870. The van der Waals surface area contributed by atoms with Crippen molar-refractivity contribution in [2.45, 2.75) is 38.8 Å². The molecule has 1 atom stereocenters. The van der Waals surface area contributed by atoms with Crippen LogP contribution < -0.4 is 0 Å². The summed E-state index contributed by atoms with van der Waals surface area (Å²) in [6, 6.07) is 0. The fraction of sp³-hybridized carbons (Fsp3) is 0.727. The van der Waals surface area contributed by atoms with Crippen LogP contribution in [0.5, 0.6) is 0 Å². The topological polar surface area (TPSA) is 60.8 Å².